The summed E-state index contributed by atoms with van der Waals surface area (Å²) in [5.74, 6) is 0. The van der Waals surface area contributed by atoms with Crippen molar-refractivity contribution in [1.82, 2.24) is 0 Å². The quantitative estimate of drug-likeness (QED) is 0.596. The van der Waals surface area contributed by atoms with Crippen LogP contribution in [0.2, 0.25) is 5.02 Å². The van der Waals surface area contributed by atoms with Crippen molar-refractivity contribution >= 4 is 28.7 Å². The van der Waals surface area contributed by atoms with Crippen molar-refractivity contribution < 1.29 is 0 Å². The van der Waals surface area contributed by atoms with Gasteiger partial charge >= 0.3 is 0 Å². The molecule has 3 aromatic carbocycles. The van der Waals surface area contributed by atoms with Crippen molar-refractivity contribution in [3.8, 4) is 0 Å². The van der Waals surface area contributed by atoms with Crippen LogP contribution in [-0.4, -0.2) is 0 Å². The lowest BCUT2D eigenvalue weighted by atomic mass is 10.0. The molecule has 1 atom stereocenters. The second kappa shape index (κ2) is 6.66. The summed E-state index contributed by atoms with van der Waals surface area (Å²) >= 11 is 6.04. The molecule has 0 saturated carbocycles. The molecule has 0 bridgehead atoms. The third kappa shape index (κ3) is 3.13. The number of hydrogen-bond donors (Lipinski definition) is 1. The van der Waals surface area contributed by atoms with Gasteiger partial charge in [-0.1, -0.05) is 66.2 Å². The molecule has 0 aliphatic carbocycles. The zero-order valence-electron chi connectivity index (χ0n) is 14.0. The molecule has 1 unspecified atom stereocenters. The maximum atomic E-state index is 6.04. The summed E-state index contributed by atoms with van der Waals surface area (Å²) in [6, 6.07) is 27.1. The fraction of sp³-hybridized carbons (Fsp3) is 0.0909. The van der Waals surface area contributed by atoms with E-state index in [1.165, 1.54) is 11.3 Å². The minimum Gasteiger partial charge on any atom is -0.352 e. The van der Waals surface area contributed by atoms with Gasteiger partial charge in [-0.05, 0) is 42.3 Å². The molecular formula is C22H19ClN2. The maximum Gasteiger partial charge on any atom is 0.0651 e. The Hall–Kier alpha value is -2.71. The summed E-state index contributed by atoms with van der Waals surface area (Å²) in [6.45, 7) is 2.23. The number of anilines is 2. The minimum atomic E-state index is 0.228. The van der Waals surface area contributed by atoms with Crippen LogP contribution in [0.15, 0.2) is 85.1 Å². The van der Waals surface area contributed by atoms with Gasteiger partial charge in [-0.25, -0.2) is 0 Å². The van der Waals surface area contributed by atoms with E-state index in [-0.39, 0.29) is 6.04 Å². The molecule has 1 N–H and O–H groups in total. The average Bonchev–Trinajstić information content (AvgIpc) is 2.68. The van der Waals surface area contributed by atoms with Gasteiger partial charge in [0.2, 0.25) is 0 Å². The molecule has 4 rings (SSSR count). The van der Waals surface area contributed by atoms with Crippen molar-refractivity contribution in [3.63, 3.8) is 0 Å². The van der Waals surface area contributed by atoms with Gasteiger partial charge in [0.25, 0.3) is 0 Å². The first-order valence-electron chi connectivity index (χ1n) is 8.39. The normalized spacial score (nSPS) is 14.3. The highest BCUT2D eigenvalue weighted by atomic mass is 35.5. The van der Waals surface area contributed by atoms with Gasteiger partial charge < -0.3 is 10.2 Å². The third-order valence-corrected chi connectivity index (χ3v) is 4.83. The zero-order chi connectivity index (χ0) is 17.2. The maximum absolute atomic E-state index is 6.04. The van der Waals surface area contributed by atoms with Crippen LogP contribution in [-0.2, 0) is 0 Å². The molecule has 3 aromatic rings. The van der Waals surface area contributed by atoms with Crippen molar-refractivity contribution in [2.45, 2.75) is 13.0 Å². The van der Waals surface area contributed by atoms with E-state index in [1.54, 1.807) is 0 Å². The first-order valence-corrected chi connectivity index (χ1v) is 8.77. The van der Waals surface area contributed by atoms with Crippen LogP contribution in [0.4, 0.5) is 11.4 Å². The Morgan fingerprint density at radius 3 is 2.28 bits per heavy atom. The Labute approximate surface area is 153 Å². The van der Waals surface area contributed by atoms with Gasteiger partial charge in [0.05, 0.1) is 23.1 Å². The van der Waals surface area contributed by atoms with Gasteiger partial charge in [0.15, 0.2) is 0 Å². The third-order valence-electron chi connectivity index (χ3n) is 4.57. The van der Waals surface area contributed by atoms with E-state index in [0.29, 0.717) is 0 Å². The zero-order valence-corrected chi connectivity index (χ0v) is 14.7. The van der Waals surface area contributed by atoms with Crippen LogP contribution in [0.25, 0.3) is 5.70 Å². The van der Waals surface area contributed by atoms with Crippen LogP contribution < -0.4 is 10.2 Å². The Balaban J connectivity index is 1.78. The first kappa shape index (κ1) is 15.8. The summed E-state index contributed by atoms with van der Waals surface area (Å²) in [5, 5.41) is 4.29. The highest BCUT2D eigenvalue weighted by Crippen LogP contribution is 2.39. The summed E-state index contributed by atoms with van der Waals surface area (Å²) < 4.78 is 0. The fourth-order valence-electron chi connectivity index (χ4n) is 3.18. The minimum absolute atomic E-state index is 0.228. The number of halogens is 1. The second-order valence-corrected chi connectivity index (χ2v) is 6.62. The standard InChI is InChI=1S/C22H19ClN2/c1-16(17-7-3-2-4-8-17)25-15-21(18-11-13-19(23)14-12-18)24-20-9-5-6-10-22(20)25/h2-16,24H,1H3. The Kier molecular flexibility index (Phi) is 4.21. The monoisotopic (exact) mass is 346 g/mol. The first-order chi connectivity index (χ1) is 12.2. The average molecular weight is 347 g/mol. The Bertz CT molecular complexity index is 901. The molecule has 2 nitrogen and oxygen atoms in total. The molecule has 0 fully saturated rings. The lowest BCUT2D eigenvalue weighted by Gasteiger charge is -2.35. The number of nitrogens with zero attached hydrogens (tertiary/aromatic N) is 1. The molecule has 1 heterocycles. The Morgan fingerprint density at radius 2 is 1.52 bits per heavy atom. The smallest absolute Gasteiger partial charge is 0.0651 e. The molecule has 0 radical (unpaired) electrons. The van der Waals surface area contributed by atoms with E-state index in [0.717, 1.165) is 22.0 Å². The number of nitrogens with one attached hydrogen (secondary N) is 1. The molecular weight excluding hydrogens is 328 g/mol. The van der Waals surface area contributed by atoms with Crippen molar-refractivity contribution in [2.75, 3.05) is 10.2 Å². The van der Waals surface area contributed by atoms with Crippen LogP contribution in [0.1, 0.15) is 24.1 Å². The van der Waals surface area contributed by atoms with Gasteiger partial charge in [0.1, 0.15) is 0 Å². The molecule has 0 spiro atoms. The molecule has 0 saturated heterocycles. The van der Waals surface area contributed by atoms with Crippen LogP contribution >= 0.6 is 11.6 Å². The molecule has 25 heavy (non-hydrogen) atoms. The molecule has 0 amide bonds. The van der Waals surface area contributed by atoms with E-state index in [1.807, 2.05) is 24.3 Å². The number of benzene rings is 3. The van der Waals surface area contributed by atoms with Gasteiger partial charge in [-0.3, -0.25) is 0 Å². The van der Waals surface area contributed by atoms with E-state index < -0.39 is 0 Å². The van der Waals surface area contributed by atoms with Gasteiger partial charge in [-0.2, -0.15) is 0 Å². The number of para-hydroxylation sites is 2. The highest BCUT2D eigenvalue weighted by Gasteiger charge is 2.22. The number of fused-ring (bicyclic) bond motifs is 1. The van der Waals surface area contributed by atoms with E-state index in [4.69, 9.17) is 11.6 Å². The molecule has 0 aromatic heterocycles. The highest BCUT2D eigenvalue weighted by molar-refractivity contribution is 6.30. The Morgan fingerprint density at radius 1 is 0.840 bits per heavy atom. The van der Waals surface area contributed by atoms with Crippen LogP contribution in [0.5, 0.6) is 0 Å². The second-order valence-electron chi connectivity index (χ2n) is 6.19. The molecule has 1 aliphatic heterocycles. The van der Waals surface area contributed by atoms with Crippen LogP contribution in [0, 0.1) is 0 Å². The number of hydrogen-bond acceptors (Lipinski definition) is 2. The van der Waals surface area contributed by atoms with E-state index in [9.17, 15) is 0 Å². The SMILES string of the molecule is CC(c1ccccc1)N1C=C(c2ccc(Cl)cc2)Nc2ccccc21. The summed E-state index contributed by atoms with van der Waals surface area (Å²) in [7, 11) is 0. The van der Waals surface area contributed by atoms with E-state index in [2.05, 4.69) is 77.9 Å². The molecule has 1 aliphatic rings. The largest absolute Gasteiger partial charge is 0.352 e. The summed E-state index contributed by atoms with van der Waals surface area (Å²) in [4.78, 5) is 2.32. The summed E-state index contributed by atoms with van der Waals surface area (Å²) in [5.41, 5.74) is 5.75. The van der Waals surface area contributed by atoms with Gasteiger partial charge in [-0.15, -0.1) is 0 Å². The number of rotatable bonds is 3. The van der Waals surface area contributed by atoms with E-state index >= 15 is 0 Å². The fourth-order valence-corrected chi connectivity index (χ4v) is 3.31. The predicted molar refractivity (Wildman–Crippen MR) is 107 cm³/mol. The topological polar surface area (TPSA) is 15.3 Å². The van der Waals surface area contributed by atoms with Crippen molar-refractivity contribution in [3.05, 3.63) is 101 Å². The molecule has 3 heteroatoms. The summed E-state index contributed by atoms with van der Waals surface area (Å²) in [6.07, 6.45) is 2.18. The van der Waals surface area contributed by atoms with Crippen LogP contribution in [0.3, 0.4) is 0 Å². The van der Waals surface area contributed by atoms with Crippen molar-refractivity contribution in [2.24, 2.45) is 0 Å². The van der Waals surface area contributed by atoms with Crippen molar-refractivity contribution in [1.29, 1.82) is 0 Å². The lowest BCUT2D eigenvalue weighted by molar-refractivity contribution is 0.766. The molecule has 124 valence electrons. The van der Waals surface area contributed by atoms with Gasteiger partial charge in [0, 0.05) is 11.2 Å². The lowest BCUT2D eigenvalue weighted by Crippen LogP contribution is -2.26. The predicted octanol–water partition coefficient (Wildman–Crippen LogP) is 6.33.